The maximum Gasteiger partial charge on any atom is 0.305 e. The molecule has 3 aromatic rings. The topological polar surface area (TPSA) is 174 Å². The van der Waals surface area contributed by atoms with Crippen molar-refractivity contribution in [3.63, 3.8) is 0 Å². The predicted octanol–water partition coefficient (Wildman–Crippen LogP) is 3.30. The molecule has 1 unspecified atom stereocenters. The van der Waals surface area contributed by atoms with Gasteiger partial charge in [0.2, 0.25) is 11.8 Å². The minimum Gasteiger partial charge on any atom is -0.486 e. The number of halogens is 1. The van der Waals surface area contributed by atoms with Crippen LogP contribution in [0.2, 0.25) is 5.02 Å². The molecule has 3 heterocycles. The number of carboxylic acids is 1. The zero-order valence-electron chi connectivity index (χ0n) is 27.5. The van der Waals surface area contributed by atoms with E-state index in [-0.39, 0.29) is 63.1 Å². The van der Waals surface area contributed by atoms with Gasteiger partial charge in [-0.25, -0.2) is 4.98 Å². The highest BCUT2D eigenvalue weighted by molar-refractivity contribution is 6.32. The van der Waals surface area contributed by atoms with Crippen LogP contribution in [0.3, 0.4) is 0 Å². The molecule has 0 spiro atoms. The van der Waals surface area contributed by atoms with Crippen LogP contribution in [0, 0.1) is 0 Å². The van der Waals surface area contributed by atoms with E-state index in [1.54, 1.807) is 46.3 Å². The molecule has 0 bridgehead atoms. The van der Waals surface area contributed by atoms with Gasteiger partial charge in [-0.05, 0) is 59.2 Å². The van der Waals surface area contributed by atoms with Crippen LogP contribution in [-0.4, -0.2) is 109 Å². The van der Waals surface area contributed by atoms with Gasteiger partial charge in [-0.15, -0.1) is 0 Å². The van der Waals surface area contributed by atoms with E-state index < -0.39 is 5.97 Å². The average molecular weight is 706 g/mol. The molecule has 4 N–H and O–H groups in total. The molecule has 264 valence electrons. The van der Waals surface area contributed by atoms with Crippen LogP contribution >= 0.6 is 11.6 Å². The van der Waals surface area contributed by atoms with Gasteiger partial charge < -0.3 is 40.2 Å². The molecule has 2 aromatic carbocycles. The molecular formula is C36H40ClN5O8. The first kappa shape index (κ1) is 36.3. The number of aromatic nitrogens is 1. The van der Waals surface area contributed by atoms with E-state index in [2.05, 4.69) is 10.3 Å². The number of carbonyl (C=O) groups excluding carboxylic acids is 3. The van der Waals surface area contributed by atoms with Crippen molar-refractivity contribution in [1.29, 1.82) is 0 Å². The quantitative estimate of drug-likeness (QED) is 0.157. The summed E-state index contributed by atoms with van der Waals surface area (Å²) in [5.74, 6) is -0.290. The third-order valence-corrected chi connectivity index (χ3v) is 8.55. The highest BCUT2D eigenvalue weighted by Gasteiger charge is 2.27. The number of rotatable bonds is 15. The number of piperazine rings is 1. The Morgan fingerprint density at radius 2 is 1.64 bits per heavy atom. The second kappa shape index (κ2) is 17.6. The van der Waals surface area contributed by atoms with Crippen LogP contribution in [0.1, 0.15) is 34.3 Å². The van der Waals surface area contributed by atoms with Gasteiger partial charge in [-0.2, -0.15) is 0 Å². The summed E-state index contributed by atoms with van der Waals surface area (Å²) >= 11 is 6.61. The molecule has 13 nitrogen and oxygen atoms in total. The molecule has 1 fully saturated rings. The zero-order chi connectivity index (χ0) is 35.5. The van der Waals surface area contributed by atoms with Gasteiger partial charge in [0.15, 0.2) is 0 Å². The standard InChI is InChI=1S/C36H40ClN5O8/c37-30-21-27(19-28-20-29(50-35(28)30)23-40-32(43)8-2-24-1-7-31(38)39-22-24)25-3-5-26(6-4-25)36(47)42-13-11-41(12-14-42)33(44)9-15-48-17-18-49-16-10-34(45)46/h1-8,19,21-22,29H,9-18,20,23H2,(H2,38,39)(H,40,43)(H,45,46)/b8-2+. The van der Waals surface area contributed by atoms with Crippen molar-refractivity contribution >= 4 is 47.2 Å². The monoisotopic (exact) mass is 705 g/mol. The smallest absolute Gasteiger partial charge is 0.305 e. The number of carboxylic acid groups (broad SMARTS) is 1. The molecule has 2 aliphatic rings. The predicted molar refractivity (Wildman–Crippen MR) is 187 cm³/mol. The lowest BCUT2D eigenvalue weighted by Crippen LogP contribution is -2.50. The summed E-state index contributed by atoms with van der Waals surface area (Å²) in [6.45, 7) is 2.99. The molecule has 50 heavy (non-hydrogen) atoms. The number of hydrogen-bond donors (Lipinski definition) is 3. The van der Waals surface area contributed by atoms with E-state index in [4.69, 9.17) is 36.7 Å². The molecule has 0 radical (unpaired) electrons. The number of amides is 3. The second-order valence-electron chi connectivity index (χ2n) is 11.9. The molecule has 0 saturated carbocycles. The third-order valence-electron chi connectivity index (χ3n) is 8.27. The number of nitrogen functional groups attached to an aromatic ring is 1. The summed E-state index contributed by atoms with van der Waals surface area (Å²) in [6.07, 6.45) is 5.17. The first-order valence-corrected chi connectivity index (χ1v) is 16.8. The fourth-order valence-corrected chi connectivity index (χ4v) is 5.86. The van der Waals surface area contributed by atoms with E-state index in [1.165, 1.54) is 6.08 Å². The largest absolute Gasteiger partial charge is 0.486 e. The highest BCUT2D eigenvalue weighted by Crippen LogP contribution is 2.39. The number of nitrogens with two attached hydrogens (primary N) is 1. The number of anilines is 1. The maximum absolute atomic E-state index is 13.2. The molecule has 5 rings (SSSR count). The Morgan fingerprint density at radius 1 is 0.940 bits per heavy atom. The van der Waals surface area contributed by atoms with Crippen LogP contribution in [-0.2, 0) is 30.3 Å². The molecule has 1 saturated heterocycles. The Hall–Kier alpha value is -4.98. The highest BCUT2D eigenvalue weighted by atomic mass is 35.5. The van der Waals surface area contributed by atoms with Crippen LogP contribution in [0.25, 0.3) is 17.2 Å². The molecule has 2 aliphatic heterocycles. The second-order valence-corrected chi connectivity index (χ2v) is 12.3. The number of hydrogen-bond acceptors (Lipinski definition) is 9. The van der Waals surface area contributed by atoms with Crippen molar-refractivity contribution < 1.29 is 38.5 Å². The third kappa shape index (κ3) is 10.3. The van der Waals surface area contributed by atoms with Crippen molar-refractivity contribution in [2.45, 2.75) is 25.4 Å². The number of nitrogens with one attached hydrogen (secondary N) is 1. The molecule has 14 heteroatoms. The first-order valence-electron chi connectivity index (χ1n) is 16.4. The summed E-state index contributed by atoms with van der Waals surface area (Å²) in [5.41, 5.74) is 9.64. The summed E-state index contributed by atoms with van der Waals surface area (Å²) in [5, 5.41) is 11.9. The summed E-state index contributed by atoms with van der Waals surface area (Å²) in [7, 11) is 0. The van der Waals surface area contributed by atoms with Gasteiger partial charge in [-0.3, -0.25) is 19.2 Å². The van der Waals surface area contributed by atoms with Gasteiger partial charge in [0.25, 0.3) is 5.91 Å². The summed E-state index contributed by atoms with van der Waals surface area (Å²) in [4.78, 5) is 56.1. The number of aliphatic carboxylic acids is 1. The lowest BCUT2D eigenvalue weighted by Gasteiger charge is -2.35. The van der Waals surface area contributed by atoms with Gasteiger partial charge in [0.1, 0.15) is 17.7 Å². The average Bonchev–Trinajstić information content (AvgIpc) is 3.55. The summed E-state index contributed by atoms with van der Waals surface area (Å²) < 4.78 is 16.6. The van der Waals surface area contributed by atoms with Gasteiger partial charge in [0.05, 0.1) is 50.8 Å². The Balaban J connectivity index is 1.05. The Bertz CT molecular complexity index is 1690. The minimum atomic E-state index is -0.917. The fraction of sp³-hybridized carbons (Fsp3) is 0.361. The zero-order valence-corrected chi connectivity index (χ0v) is 28.3. The van der Waals surface area contributed by atoms with Crippen LogP contribution < -0.4 is 15.8 Å². The number of fused-ring (bicyclic) bond motifs is 1. The Kier molecular flexibility index (Phi) is 12.8. The van der Waals surface area contributed by atoms with Crippen molar-refractivity contribution in [1.82, 2.24) is 20.1 Å². The lowest BCUT2D eigenvalue weighted by atomic mass is 9.99. The van der Waals surface area contributed by atoms with E-state index in [0.717, 1.165) is 22.3 Å². The van der Waals surface area contributed by atoms with Crippen LogP contribution in [0.15, 0.2) is 60.8 Å². The molecule has 1 atom stereocenters. The van der Waals surface area contributed by atoms with E-state index in [1.807, 2.05) is 24.3 Å². The van der Waals surface area contributed by atoms with E-state index in [9.17, 15) is 19.2 Å². The maximum atomic E-state index is 13.2. The molecule has 0 aliphatic carbocycles. The first-order chi connectivity index (χ1) is 24.2. The van der Waals surface area contributed by atoms with Crippen molar-refractivity contribution in [2.75, 3.05) is 64.9 Å². The van der Waals surface area contributed by atoms with E-state index in [0.29, 0.717) is 61.3 Å². The van der Waals surface area contributed by atoms with Gasteiger partial charge >= 0.3 is 5.97 Å². The minimum absolute atomic E-state index is 0.0386. The number of benzene rings is 2. The van der Waals surface area contributed by atoms with Crippen molar-refractivity contribution in [3.05, 3.63) is 82.5 Å². The Labute approximate surface area is 294 Å². The number of pyridine rings is 1. The molecule has 3 amide bonds. The van der Waals surface area contributed by atoms with Crippen LogP contribution in [0.4, 0.5) is 5.82 Å². The normalized spacial score (nSPS) is 15.5. The number of ether oxygens (including phenoxy) is 3. The van der Waals surface area contributed by atoms with Gasteiger partial charge in [0, 0.05) is 56.0 Å². The Morgan fingerprint density at radius 3 is 2.32 bits per heavy atom. The molecule has 1 aromatic heterocycles. The SMILES string of the molecule is Nc1ccc(/C=C/C(=O)NCC2Cc3cc(-c4ccc(C(=O)N5CCN(C(=O)CCOCCOCCC(=O)O)CC5)cc4)cc(Cl)c3O2)cn1. The van der Waals surface area contributed by atoms with E-state index >= 15 is 0 Å². The van der Waals surface area contributed by atoms with Gasteiger partial charge in [-0.1, -0.05) is 23.7 Å². The number of carbonyl (C=O) groups is 4. The van der Waals surface area contributed by atoms with Crippen LogP contribution in [0.5, 0.6) is 5.75 Å². The molecular weight excluding hydrogens is 666 g/mol. The summed E-state index contributed by atoms with van der Waals surface area (Å²) in [6, 6.07) is 14.7. The van der Waals surface area contributed by atoms with Crippen molar-refractivity contribution in [2.24, 2.45) is 0 Å². The lowest BCUT2D eigenvalue weighted by molar-refractivity contribution is -0.138. The fourth-order valence-electron chi connectivity index (χ4n) is 5.57. The number of nitrogens with zero attached hydrogens (tertiary/aromatic N) is 3. The van der Waals surface area contributed by atoms with Crippen molar-refractivity contribution in [3.8, 4) is 16.9 Å².